The van der Waals surface area contributed by atoms with E-state index in [1.807, 2.05) is 30.3 Å². The van der Waals surface area contributed by atoms with E-state index in [1.54, 1.807) is 19.9 Å². The summed E-state index contributed by atoms with van der Waals surface area (Å²) >= 11 is 0. The van der Waals surface area contributed by atoms with Crippen LogP contribution in [0, 0.1) is 0 Å². The van der Waals surface area contributed by atoms with Crippen LogP contribution in [0.2, 0.25) is 0 Å². The molecule has 0 aromatic heterocycles. The molecule has 1 atom stereocenters. The van der Waals surface area contributed by atoms with Gasteiger partial charge in [0.05, 0.1) is 0 Å². The lowest BCUT2D eigenvalue weighted by Crippen LogP contribution is -2.21. The second kappa shape index (κ2) is 6.01. The van der Waals surface area contributed by atoms with E-state index in [-0.39, 0.29) is 5.76 Å². The van der Waals surface area contributed by atoms with E-state index in [9.17, 15) is 15.0 Å². The van der Waals surface area contributed by atoms with Crippen LogP contribution in [0.25, 0.3) is 6.08 Å². The van der Waals surface area contributed by atoms with Crippen LogP contribution in [0.15, 0.2) is 47.7 Å². The van der Waals surface area contributed by atoms with Gasteiger partial charge in [-0.3, -0.25) is 4.79 Å². The van der Waals surface area contributed by atoms with Gasteiger partial charge in [0.15, 0.2) is 11.9 Å². The lowest BCUT2D eigenvalue weighted by atomic mass is 10.1. The van der Waals surface area contributed by atoms with Gasteiger partial charge in [-0.15, -0.1) is 0 Å². The number of rotatable bonds is 4. The fourth-order valence-electron chi connectivity index (χ4n) is 1.24. The molecule has 1 rings (SSSR count). The molecule has 0 amide bonds. The number of benzene rings is 1. The molecule has 0 bridgehead atoms. The first kappa shape index (κ1) is 13.2. The van der Waals surface area contributed by atoms with Crippen molar-refractivity contribution in [1.29, 1.82) is 0 Å². The molecule has 0 fully saturated rings. The van der Waals surface area contributed by atoms with E-state index in [0.29, 0.717) is 5.57 Å². The lowest BCUT2D eigenvalue weighted by molar-refractivity contribution is -0.121. The Morgan fingerprint density at radius 2 is 1.82 bits per heavy atom. The van der Waals surface area contributed by atoms with Crippen molar-refractivity contribution in [3.8, 4) is 0 Å². The summed E-state index contributed by atoms with van der Waals surface area (Å²) in [5.41, 5.74) is 1.39. The van der Waals surface area contributed by atoms with Crippen molar-refractivity contribution in [2.24, 2.45) is 0 Å². The van der Waals surface area contributed by atoms with Crippen LogP contribution in [0.3, 0.4) is 0 Å². The standard InChI is InChI=1S/C14H16O3/c1-10(2)13(16)14(17)12(15)9-8-11-6-4-3-5-7-11/h3-9,14,16-17H,1-2H3/b9-8+/t14-/m0/s1. The molecule has 0 saturated heterocycles. The van der Waals surface area contributed by atoms with Crippen molar-refractivity contribution in [2.45, 2.75) is 20.0 Å². The van der Waals surface area contributed by atoms with Crippen molar-refractivity contribution < 1.29 is 15.0 Å². The maximum absolute atomic E-state index is 11.5. The summed E-state index contributed by atoms with van der Waals surface area (Å²) in [5.74, 6) is -0.819. The molecule has 0 radical (unpaired) electrons. The molecule has 0 aliphatic carbocycles. The quantitative estimate of drug-likeness (QED) is 0.619. The minimum Gasteiger partial charge on any atom is -0.509 e. The predicted octanol–water partition coefficient (Wildman–Crippen LogP) is 2.48. The smallest absolute Gasteiger partial charge is 0.191 e. The van der Waals surface area contributed by atoms with Crippen LogP contribution >= 0.6 is 0 Å². The summed E-state index contributed by atoms with van der Waals surface area (Å²) in [6.07, 6.45) is 1.39. The van der Waals surface area contributed by atoms with E-state index < -0.39 is 11.9 Å². The van der Waals surface area contributed by atoms with Crippen molar-refractivity contribution in [1.82, 2.24) is 0 Å². The lowest BCUT2D eigenvalue weighted by Gasteiger charge is -2.07. The van der Waals surface area contributed by atoms with Gasteiger partial charge < -0.3 is 10.2 Å². The SMILES string of the molecule is CC(C)=C(O)[C@@H](O)C(=O)/C=C/c1ccccc1. The normalized spacial score (nSPS) is 12.4. The molecule has 3 nitrogen and oxygen atoms in total. The van der Waals surface area contributed by atoms with Crippen molar-refractivity contribution >= 4 is 11.9 Å². The molecule has 1 aromatic carbocycles. The van der Waals surface area contributed by atoms with Crippen LogP contribution in [-0.4, -0.2) is 22.1 Å². The minimum absolute atomic E-state index is 0.285. The highest BCUT2D eigenvalue weighted by molar-refractivity contribution is 5.98. The Morgan fingerprint density at radius 3 is 2.35 bits per heavy atom. The predicted molar refractivity (Wildman–Crippen MR) is 67.5 cm³/mol. The Labute approximate surface area is 101 Å². The van der Waals surface area contributed by atoms with Crippen molar-refractivity contribution in [2.75, 3.05) is 0 Å². The fourth-order valence-corrected chi connectivity index (χ4v) is 1.24. The first-order chi connectivity index (χ1) is 8.02. The summed E-state index contributed by atoms with van der Waals surface area (Å²) in [5, 5.41) is 19.0. The van der Waals surface area contributed by atoms with Gasteiger partial charge in [-0.1, -0.05) is 36.4 Å². The van der Waals surface area contributed by atoms with E-state index in [4.69, 9.17) is 0 Å². The summed E-state index contributed by atoms with van der Waals surface area (Å²) in [6, 6.07) is 9.28. The molecule has 0 saturated carbocycles. The molecule has 0 aliphatic heterocycles. The molecule has 2 N–H and O–H groups in total. The van der Waals surface area contributed by atoms with Crippen LogP contribution in [0.1, 0.15) is 19.4 Å². The molecule has 17 heavy (non-hydrogen) atoms. The van der Waals surface area contributed by atoms with E-state index in [0.717, 1.165) is 5.56 Å². The molecule has 0 heterocycles. The van der Waals surface area contributed by atoms with Crippen LogP contribution in [0.5, 0.6) is 0 Å². The number of hydrogen-bond donors (Lipinski definition) is 2. The Kier molecular flexibility index (Phi) is 4.67. The summed E-state index contributed by atoms with van der Waals surface area (Å²) < 4.78 is 0. The van der Waals surface area contributed by atoms with E-state index >= 15 is 0 Å². The highest BCUT2D eigenvalue weighted by Crippen LogP contribution is 2.08. The molecule has 0 aliphatic rings. The first-order valence-corrected chi connectivity index (χ1v) is 5.33. The second-order valence-corrected chi connectivity index (χ2v) is 3.93. The number of hydrogen-bond acceptors (Lipinski definition) is 3. The molecule has 0 spiro atoms. The molecule has 0 unspecified atom stereocenters. The highest BCUT2D eigenvalue weighted by atomic mass is 16.3. The zero-order chi connectivity index (χ0) is 12.8. The van der Waals surface area contributed by atoms with Crippen molar-refractivity contribution in [3.05, 3.63) is 53.3 Å². The van der Waals surface area contributed by atoms with Gasteiger partial charge in [-0.05, 0) is 31.1 Å². The molecule has 1 aromatic rings. The van der Waals surface area contributed by atoms with Crippen LogP contribution < -0.4 is 0 Å². The number of carbonyl (C=O) groups excluding carboxylic acids is 1. The molecular formula is C14H16O3. The highest BCUT2D eigenvalue weighted by Gasteiger charge is 2.17. The van der Waals surface area contributed by atoms with Crippen LogP contribution in [-0.2, 0) is 4.79 Å². The second-order valence-electron chi connectivity index (χ2n) is 3.93. The average Bonchev–Trinajstić information content (AvgIpc) is 2.35. The minimum atomic E-state index is -1.47. The van der Waals surface area contributed by atoms with Gasteiger partial charge in [0.2, 0.25) is 0 Å². The first-order valence-electron chi connectivity index (χ1n) is 5.33. The van der Waals surface area contributed by atoms with Gasteiger partial charge in [0.1, 0.15) is 5.76 Å². The van der Waals surface area contributed by atoms with E-state index in [1.165, 1.54) is 6.08 Å². The van der Waals surface area contributed by atoms with Crippen LogP contribution in [0.4, 0.5) is 0 Å². The molecule has 3 heteroatoms. The van der Waals surface area contributed by atoms with Gasteiger partial charge in [0.25, 0.3) is 0 Å². The third kappa shape index (κ3) is 3.89. The molecule has 90 valence electrons. The fraction of sp³-hybridized carbons (Fsp3) is 0.214. The number of aliphatic hydroxyl groups is 2. The monoisotopic (exact) mass is 232 g/mol. The maximum Gasteiger partial charge on any atom is 0.191 e. The summed E-state index contributed by atoms with van der Waals surface area (Å²) in [4.78, 5) is 11.5. The van der Waals surface area contributed by atoms with Gasteiger partial charge in [0, 0.05) is 0 Å². The average molecular weight is 232 g/mol. The third-order valence-corrected chi connectivity index (χ3v) is 2.28. The van der Waals surface area contributed by atoms with Gasteiger partial charge in [-0.2, -0.15) is 0 Å². The third-order valence-electron chi connectivity index (χ3n) is 2.28. The Bertz CT molecular complexity index is 440. The number of ketones is 1. The number of carbonyl (C=O) groups is 1. The Balaban J connectivity index is 2.74. The molecular weight excluding hydrogens is 216 g/mol. The number of aliphatic hydroxyl groups excluding tert-OH is 2. The zero-order valence-corrected chi connectivity index (χ0v) is 9.92. The Morgan fingerprint density at radius 1 is 1.24 bits per heavy atom. The Hall–Kier alpha value is -1.87. The zero-order valence-electron chi connectivity index (χ0n) is 9.92. The topological polar surface area (TPSA) is 57.5 Å². The van der Waals surface area contributed by atoms with E-state index in [2.05, 4.69) is 0 Å². The maximum atomic E-state index is 11.5. The largest absolute Gasteiger partial charge is 0.509 e. The van der Waals surface area contributed by atoms with Gasteiger partial charge >= 0.3 is 0 Å². The summed E-state index contributed by atoms with van der Waals surface area (Å²) in [7, 11) is 0. The summed E-state index contributed by atoms with van der Waals surface area (Å²) in [6.45, 7) is 3.26. The number of allylic oxidation sites excluding steroid dienone is 1. The van der Waals surface area contributed by atoms with Crippen molar-refractivity contribution in [3.63, 3.8) is 0 Å². The van der Waals surface area contributed by atoms with Gasteiger partial charge in [-0.25, -0.2) is 0 Å².